The number of fused-ring (bicyclic) bond motifs is 2. The van der Waals surface area contributed by atoms with Crippen molar-refractivity contribution in [3.63, 3.8) is 0 Å². The fraction of sp³-hybridized carbons (Fsp3) is 0.214. The maximum Gasteiger partial charge on any atom is -0.0809 e. The molecule has 0 fully saturated rings. The van der Waals surface area contributed by atoms with Crippen LogP contribution in [0.4, 0.5) is 0 Å². The molecule has 4 aromatic rings. The van der Waals surface area contributed by atoms with Crippen LogP contribution in [0.25, 0.3) is 21.5 Å². The second-order valence-electron chi connectivity index (χ2n) is 6.02. The largest absolute Gasteiger partial charge is 0.168 e. The molecule has 4 rings (SSSR count). The van der Waals surface area contributed by atoms with E-state index in [-0.39, 0.29) is 14.9 Å². The van der Waals surface area contributed by atoms with Crippen LogP contribution < -0.4 is 0 Å². The van der Waals surface area contributed by atoms with Crippen LogP contribution in [-0.2, 0) is 23.3 Å². The number of benzene rings is 2. The minimum atomic E-state index is 0. The SMILES string of the molecule is [CH2-]CCC.[CH2-]CCC.[CH3-].[CH3-].[Si]=[Zr].c1ccc2[cH-]ccc2c1.c1ccc2[cH-]ccc2c1. The first kappa shape index (κ1) is 33.4. The second-order valence-corrected chi connectivity index (χ2v) is 6.02. The number of hydrogen-bond acceptors (Lipinski definition) is 0. The minimum absolute atomic E-state index is 0. The van der Waals surface area contributed by atoms with Gasteiger partial charge in [0, 0.05) is 0 Å². The van der Waals surface area contributed by atoms with Gasteiger partial charge in [0.15, 0.2) is 0 Å². The first-order chi connectivity index (χ1) is 13.8. The van der Waals surface area contributed by atoms with E-state index in [2.05, 4.69) is 120 Å². The van der Waals surface area contributed by atoms with Crippen molar-refractivity contribution in [3.8, 4) is 0 Å². The van der Waals surface area contributed by atoms with Gasteiger partial charge in [-0.1, -0.05) is 38.8 Å². The van der Waals surface area contributed by atoms with Crippen molar-refractivity contribution in [1.29, 1.82) is 0 Å². The second kappa shape index (κ2) is 24.0. The fourth-order valence-corrected chi connectivity index (χ4v) is 2.14. The molecule has 0 N–H and O–H groups in total. The summed E-state index contributed by atoms with van der Waals surface area (Å²) in [4.78, 5) is 0. The Hall–Kier alpha value is -1.24. The summed E-state index contributed by atoms with van der Waals surface area (Å²) in [6.45, 7) is 14.5. The van der Waals surface area contributed by atoms with E-state index in [0.29, 0.717) is 0 Å². The summed E-state index contributed by atoms with van der Waals surface area (Å²) >= 11 is 1.36. The minimum Gasteiger partial charge on any atom is -0.168 e. The van der Waals surface area contributed by atoms with E-state index in [1.807, 2.05) is 0 Å². The van der Waals surface area contributed by atoms with Crippen LogP contribution in [0.3, 0.4) is 0 Å². The first-order valence-electron chi connectivity index (χ1n) is 9.81. The van der Waals surface area contributed by atoms with Gasteiger partial charge in [-0.25, -0.2) is 0 Å². The van der Waals surface area contributed by atoms with Crippen LogP contribution in [0.15, 0.2) is 84.9 Å². The van der Waals surface area contributed by atoms with Gasteiger partial charge in [0.25, 0.3) is 0 Å². The summed E-state index contributed by atoms with van der Waals surface area (Å²) in [5.74, 6) is 0. The van der Waals surface area contributed by atoms with Crippen molar-refractivity contribution in [3.05, 3.63) is 114 Å². The molecule has 2 radical (unpaired) electrons. The van der Waals surface area contributed by atoms with Crippen LogP contribution in [0, 0.1) is 28.7 Å². The third kappa shape index (κ3) is 14.7. The van der Waals surface area contributed by atoms with E-state index in [1.165, 1.54) is 57.7 Å². The molecule has 0 atom stereocenters. The Bertz CT molecular complexity index is 694. The summed E-state index contributed by atoms with van der Waals surface area (Å²) in [5, 5.41) is 5.32. The molecule has 0 aliphatic rings. The van der Waals surface area contributed by atoms with E-state index in [4.69, 9.17) is 0 Å². The average Bonchev–Trinajstić information content (AvgIpc) is 3.45. The molecule has 30 heavy (non-hydrogen) atoms. The topological polar surface area (TPSA) is 0 Å². The van der Waals surface area contributed by atoms with Crippen molar-refractivity contribution in [1.82, 2.24) is 0 Å². The molecule has 0 saturated heterocycles. The van der Waals surface area contributed by atoms with Gasteiger partial charge in [-0.3, -0.25) is 0 Å². The third-order valence-electron chi connectivity index (χ3n) is 3.80. The zero-order valence-corrected chi connectivity index (χ0v) is 22.8. The van der Waals surface area contributed by atoms with Crippen molar-refractivity contribution < 1.29 is 23.3 Å². The van der Waals surface area contributed by atoms with Crippen LogP contribution in [-0.4, -0.2) is 6.88 Å². The molecule has 0 aromatic heterocycles. The monoisotopic (exact) mass is 492 g/mol. The summed E-state index contributed by atoms with van der Waals surface area (Å²) in [6, 6.07) is 29.3. The Labute approximate surface area is 204 Å². The molecule has 0 aliphatic heterocycles. The van der Waals surface area contributed by atoms with Gasteiger partial charge in [-0.2, -0.15) is 47.9 Å². The van der Waals surface area contributed by atoms with Gasteiger partial charge in [-0.15, -0.1) is 59.3 Å². The van der Waals surface area contributed by atoms with E-state index in [9.17, 15) is 0 Å². The standard InChI is InChI=1S/2C9H7.2C4H9.2CH3.Si.Zr/c2*1-2-5-9-7-3-6-8(9)4-1;2*1-3-4-2;;;;/h2*1-7H;2*1,3-4H2,2H3;2*1H3;;/q6*-1;;. The van der Waals surface area contributed by atoms with Crippen molar-refractivity contribution in [2.45, 2.75) is 39.5 Å². The Kier molecular flexibility index (Phi) is 26.8. The number of unbranched alkanes of at least 4 members (excludes halogenated alkanes) is 2. The maximum atomic E-state index is 3.60. The van der Waals surface area contributed by atoms with Crippen molar-refractivity contribution in [2.75, 3.05) is 0 Å². The Morgan fingerprint density at radius 1 is 0.667 bits per heavy atom. The average molecular weight is 494 g/mol. The van der Waals surface area contributed by atoms with E-state index < -0.39 is 0 Å². The Morgan fingerprint density at radius 2 is 0.967 bits per heavy atom. The first-order valence-corrected chi connectivity index (χ1v) is 14.0. The molecule has 0 heterocycles. The maximum absolute atomic E-state index is 3.60. The van der Waals surface area contributed by atoms with Gasteiger partial charge in [-0.05, 0) is 0 Å². The van der Waals surface area contributed by atoms with Crippen molar-refractivity contribution >= 4 is 28.4 Å². The van der Waals surface area contributed by atoms with Crippen LogP contribution in [0.2, 0.25) is 0 Å². The molecular weight excluding hydrogens is 456 g/mol. The number of rotatable bonds is 2. The van der Waals surface area contributed by atoms with Gasteiger partial charge >= 0.3 is 30.2 Å². The normalized spacial score (nSPS) is 8.23. The van der Waals surface area contributed by atoms with Gasteiger partial charge in [0.1, 0.15) is 0 Å². The summed E-state index contributed by atoms with van der Waals surface area (Å²) in [5.41, 5.74) is 0. The fourth-order valence-electron chi connectivity index (χ4n) is 2.14. The molecule has 164 valence electrons. The van der Waals surface area contributed by atoms with Crippen LogP contribution in [0.1, 0.15) is 39.5 Å². The summed E-state index contributed by atoms with van der Waals surface area (Å²) in [6.07, 6.45) is 4.56. The number of hydrogen-bond donors (Lipinski definition) is 0. The predicted octanol–water partition coefficient (Wildman–Crippen LogP) is 8.88. The molecule has 0 nitrogen and oxygen atoms in total. The zero-order valence-electron chi connectivity index (χ0n) is 19.3. The van der Waals surface area contributed by atoms with Gasteiger partial charge < -0.3 is 28.7 Å². The molecule has 2 heteroatoms. The molecule has 0 aliphatic carbocycles. The van der Waals surface area contributed by atoms with Crippen LogP contribution >= 0.6 is 0 Å². The van der Waals surface area contributed by atoms with E-state index in [1.54, 1.807) is 0 Å². The van der Waals surface area contributed by atoms with E-state index >= 15 is 0 Å². The van der Waals surface area contributed by atoms with Gasteiger partial charge in [0.2, 0.25) is 0 Å². The molecule has 4 aromatic carbocycles. The smallest absolute Gasteiger partial charge is 0.0809 e. The Balaban J connectivity index is -0.000000329. The Morgan fingerprint density at radius 3 is 1.23 bits per heavy atom. The summed E-state index contributed by atoms with van der Waals surface area (Å²) < 4.78 is 0. The molecule has 0 bridgehead atoms. The molecular formula is C28H38SiZr-6. The van der Waals surface area contributed by atoms with Crippen molar-refractivity contribution in [2.24, 2.45) is 0 Å². The predicted molar refractivity (Wildman–Crippen MR) is 138 cm³/mol. The quantitative estimate of drug-likeness (QED) is 0.193. The van der Waals surface area contributed by atoms with Gasteiger partial charge in [0.05, 0.1) is 0 Å². The summed E-state index contributed by atoms with van der Waals surface area (Å²) in [7, 11) is 0. The molecule has 0 spiro atoms. The third-order valence-corrected chi connectivity index (χ3v) is 3.80. The van der Waals surface area contributed by atoms with Crippen LogP contribution in [0.5, 0.6) is 0 Å². The molecule has 0 unspecified atom stereocenters. The zero-order chi connectivity index (χ0) is 21.0. The molecule has 0 saturated carbocycles. The van der Waals surface area contributed by atoms with E-state index in [0.717, 1.165) is 12.8 Å². The molecule has 0 amide bonds.